The van der Waals surface area contributed by atoms with Gasteiger partial charge in [-0.15, -0.1) is 0 Å². The number of nitriles is 2. The summed E-state index contributed by atoms with van der Waals surface area (Å²) in [6.07, 6.45) is 2.92. The van der Waals surface area contributed by atoms with Crippen LogP contribution in [0.4, 0.5) is 0 Å². The van der Waals surface area contributed by atoms with E-state index in [0.717, 1.165) is 30.8 Å². The van der Waals surface area contributed by atoms with E-state index in [2.05, 4.69) is 19.1 Å². The highest BCUT2D eigenvalue weighted by Crippen LogP contribution is 2.24. The molecule has 3 heteroatoms. The van der Waals surface area contributed by atoms with Gasteiger partial charge in [0.05, 0.1) is 18.7 Å². The molecule has 0 fully saturated rings. The second-order valence-electron chi connectivity index (χ2n) is 4.19. The largest absolute Gasteiger partial charge is 0.494 e. The number of hydrogen-bond donors (Lipinski definition) is 0. The molecule has 0 bridgehead atoms. The van der Waals surface area contributed by atoms with Crippen LogP contribution in [0.25, 0.3) is 0 Å². The van der Waals surface area contributed by atoms with Gasteiger partial charge in [-0.2, -0.15) is 10.5 Å². The Morgan fingerprint density at radius 1 is 1.11 bits per heavy atom. The molecule has 3 nitrogen and oxygen atoms in total. The molecule has 0 aliphatic rings. The molecular formula is C15H18N2O. The van der Waals surface area contributed by atoms with Crippen LogP contribution >= 0.6 is 0 Å². The zero-order chi connectivity index (χ0) is 13.2. The summed E-state index contributed by atoms with van der Waals surface area (Å²) in [6.45, 7) is 2.86. The van der Waals surface area contributed by atoms with Crippen molar-refractivity contribution in [2.75, 3.05) is 6.61 Å². The monoisotopic (exact) mass is 242 g/mol. The fourth-order valence-corrected chi connectivity index (χ4v) is 1.70. The Balaban J connectivity index is 2.63. The summed E-state index contributed by atoms with van der Waals surface area (Å²) in [5, 5.41) is 17.5. The number of benzene rings is 1. The van der Waals surface area contributed by atoms with Gasteiger partial charge in [-0.1, -0.05) is 25.5 Å². The number of ether oxygens (including phenoxy) is 1. The smallest absolute Gasteiger partial charge is 0.119 e. The zero-order valence-corrected chi connectivity index (χ0v) is 10.7. The quantitative estimate of drug-likeness (QED) is 0.684. The van der Waals surface area contributed by atoms with E-state index >= 15 is 0 Å². The molecule has 0 unspecified atom stereocenters. The van der Waals surface area contributed by atoms with E-state index in [9.17, 15) is 0 Å². The van der Waals surface area contributed by atoms with Gasteiger partial charge in [-0.05, 0) is 24.1 Å². The molecule has 0 amide bonds. The molecule has 94 valence electrons. The van der Waals surface area contributed by atoms with Crippen LogP contribution < -0.4 is 4.74 Å². The molecule has 0 atom stereocenters. The lowest BCUT2D eigenvalue weighted by Crippen LogP contribution is -1.99. The van der Waals surface area contributed by atoms with Crippen molar-refractivity contribution in [1.82, 2.24) is 0 Å². The van der Waals surface area contributed by atoms with Crippen LogP contribution in [-0.4, -0.2) is 6.61 Å². The maximum atomic E-state index is 8.74. The van der Waals surface area contributed by atoms with Crippen LogP contribution in [0.2, 0.25) is 0 Å². The molecule has 0 aromatic heterocycles. The molecule has 0 saturated heterocycles. The van der Waals surface area contributed by atoms with Gasteiger partial charge in [0.1, 0.15) is 5.75 Å². The van der Waals surface area contributed by atoms with Crippen LogP contribution in [0.1, 0.15) is 44.1 Å². The van der Waals surface area contributed by atoms with Gasteiger partial charge in [0.25, 0.3) is 0 Å². The predicted molar refractivity (Wildman–Crippen MR) is 70.0 cm³/mol. The predicted octanol–water partition coefficient (Wildman–Crippen LogP) is 3.78. The van der Waals surface area contributed by atoms with Crippen molar-refractivity contribution in [3.05, 3.63) is 29.8 Å². The summed E-state index contributed by atoms with van der Waals surface area (Å²) in [5.74, 6) is 0.851. The standard InChI is InChI=1S/C15H18N2O/c1-2-3-12-18-15-6-4-13(5-7-15)14(8-10-16)9-11-17/h4-7,14H,2-3,8-9,12H2,1H3. The summed E-state index contributed by atoms with van der Waals surface area (Å²) < 4.78 is 5.57. The van der Waals surface area contributed by atoms with Crippen LogP contribution in [0.3, 0.4) is 0 Å². The van der Waals surface area contributed by atoms with E-state index in [0.29, 0.717) is 12.8 Å². The maximum Gasteiger partial charge on any atom is 0.119 e. The highest BCUT2D eigenvalue weighted by atomic mass is 16.5. The Kier molecular flexibility index (Phi) is 6.36. The molecule has 0 heterocycles. The van der Waals surface area contributed by atoms with Crippen LogP contribution in [0.15, 0.2) is 24.3 Å². The van der Waals surface area contributed by atoms with Gasteiger partial charge < -0.3 is 4.74 Å². The lowest BCUT2D eigenvalue weighted by atomic mass is 9.94. The first-order chi connectivity index (χ1) is 8.81. The van der Waals surface area contributed by atoms with Crippen molar-refractivity contribution in [3.8, 4) is 17.9 Å². The minimum absolute atomic E-state index is 0.00434. The Morgan fingerprint density at radius 2 is 1.72 bits per heavy atom. The molecule has 0 spiro atoms. The first-order valence-corrected chi connectivity index (χ1v) is 6.28. The summed E-state index contributed by atoms with van der Waals surface area (Å²) >= 11 is 0. The third kappa shape index (κ3) is 4.47. The first kappa shape index (κ1) is 14.1. The lowest BCUT2D eigenvalue weighted by Gasteiger charge is -2.11. The van der Waals surface area contributed by atoms with Crippen LogP contribution in [0, 0.1) is 22.7 Å². The van der Waals surface area contributed by atoms with Crippen molar-refractivity contribution < 1.29 is 4.74 Å². The number of rotatable bonds is 7. The Morgan fingerprint density at radius 3 is 2.22 bits per heavy atom. The second kappa shape index (κ2) is 8.14. The van der Waals surface area contributed by atoms with E-state index in [-0.39, 0.29) is 5.92 Å². The van der Waals surface area contributed by atoms with E-state index in [4.69, 9.17) is 15.3 Å². The third-order valence-electron chi connectivity index (χ3n) is 2.79. The highest BCUT2D eigenvalue weighted by molar-refractivity contribution is 5.30. The van der Waals surface area contributed by atoms with Crippen LogP contribution in [-0.2, 0) is 0 Å². The second-order valence-corrected chi connectivity index (χ2v) is 4.19. The average Bonchev–Trinajstić information content (AvgIpc) is 2.40. The number of nitrogens with zero attached hydrogens (tertiary/aromatic N) is 2. The Hall–Kier alpha value is -2.00. The SMILES string of the molecule is CCCCOc1ccc(C(CC#N)CC#N)cc1. The molecule has 1 rings (SSSR count). The van der Waals surface area contributed by atoms with Gasteiger partial charge in [0, 0.05) is 18.8 Å². The molecule has 0 aliphatic heterocycles. The van der Waals surface area contributed by atoms with Gasteiger partial charge in [0.15, 0.2) is 0 Å². The molecule has 0 aliphatic carbocycles. The Bertz CT molecular complexity index is 409. The van der Waals surface area contributed by atoms with Crippen molar-refractivity contribution in [1.29, 1.82) is 10.5 Å². The van der Waals surface area contributed by atoms with E-state index in [1.165, 1.54) is 0 Å². The van der Waals surface area contributed by atoms with Crippen molar-refractivity contribution in [3.63, 3.8) is 0 Å². The fraction of sp³-hybridized carbons (Fsp3) is 0.467. The molecule has 1 aromatic rings. The Labute approximate surface area is 109 Å². The lowest BCUT2D eigenvalue weighted by molar-refractivity contribution is 0.309. The molecule has 18 heavy (non-hydrogen) atoms. The van der Waals surface area contributed by atoms with Gasteiger partial charge in [0.2, 0.25) is 0 Å². The fourth-order valence-electron chi connectivity index (χ4n) is 1.70. The van der Waals surface area contributed by atoms with E-state index < -0.39 is 0 Å². The van der Waals surface area contributed by atoms with Crippen molar-refractivity contribution in [2.45, 2.75) is 38.5 Å². The molecular weight excluding hydrogens is 224 g/mol. The number of unbranched alkanes of at least 4 members (excludes halogenated alkanes) is 1. The van der Waals surface area contributed by atoms with E-state index in [1.54, 1.807) is 0 Å². The van der Waals surface area contributed by atoms with Crippen molar-refractivity contribution in [2.24, 2.45) is 0 Å². The number of hydrogen-bond acceptors (Lipinski definition) is 3. The topological polar surface area (TPSA) is 56.8 Å². The average molecular weight is 242 g/mol. The van der Waals surface area contributed by atoms with Gasteiger partial charge in [-0.3, -0.25) is 0 Å². The summed E-state index contributed by atoms with van der Waals surface area (Å²) in [5.41, 5.74) is 1.03. The van der Waals surface area contributed by atoms with Gasteiger partial charge in [-0.25, -0.2) is 0 Å². The first-order valence-electron chi connectivity index (χ1n) is 6.28. The highest BCUT2D eigenvalue weighted by Gasteiger charge is 2.10. The minimum atomic E-state index is 0.00434. The van der Waals surface area contributed by atoms with Gasteiger partial charge >= 0.3 is 0 Å². The third-order valence-corrected chi connectivity index (χ3v) is 2.79. The van der Waals surface area contributed by atoms with E-state index in [1.807, 2.05) is 24.3 Å². The normalized spacial score (nSPS) is 9.78. The molecule has 0 radical (unpaired) electrons. The maximum absolute atomic E-state index is 8.74. The molecule has 1 aromatic carbocycles. The minimum Gasteiger partial charge on any atom is -0.494 e. The summed E-state index contributed by atoms with van der Waals surface area (Å²) in [4.78, 5) is 0. The molecule has 0 N–H and O–H groups in total. The summed E-state index contributed by atoms with van der Waals surface area (Å²) in [7, 11) is 0. The van der Waals surface area contributed by atoms with Crippen molar-refractivity contribution >= 4 is 0 Å². The zero-order valence-electron chi connectivity index (χ0n) is 10.7. The summed E-state index contributed by atoms with van der Waals surface area (Å²) in [6, 6.07) is 12.0. The van der Waals surface area contributed by atoms with Crippen LogP contribution in [0.5, 0.6) is 5.75 Å². The molecule has 0 saturated carbocycles.